The molecule has 1 fully saturated rings. The zero-order valence-electron chi connectivity index (χ0n) is 13.3. The highest BCUT2D eigenvalue weighted by Crippen LogP contribution is 2.23. The minimum atomic E-state index is 0.475. The quantitative estimate of drug-likeness (QED) is 0.765. The molecule has 4 rings (SSSR count). The van der Waals surface area contributed by atoms with Crippen LogP contribution in [-0.4, -0.2) is 55.8 Å². The molecule has 1 N–H and O–H groups in total. The number of aryl methyl sites for hydroxylation is 2. The number of fused-ring (bicyclic) bond motifs is 1. The van der Waals surface area contributed by atoms with Crippen molar-refractivity contribution in [1.29, 1.82) is 0 Å². The Morgan fingerprint density at radius 2 is 2.04 bits per heavy atom. The van der Waals surface area contributed by atoms with E-state index in [-0.39, 0.29) is 0 Å². The largest absolute Gasteiger partial charge is 0.334 e. The first-order valence-corrected chi connectivity index (χ1v) is 7.79. The number of hydrogen-bond acceptors (Lipinski definition) is 7. The van der Waals surface area contributed by atoms with Crippen molar-refractivity contribution in [2.24, 2.45) is 0 Å². The summed E-state index contributed by atoms with van der Waals surface area (Å²) in [6, 6.07) is 1.99. The first kappa shape index (κ1) is 14.3. The van der Waals surface area contributed by atoms with Crippen molar-refractivity contribution in [2.75, 3.05) is 26.2 Å². The van der Waals surface area contributed by atoms with Crippen molar-refractivity contribution in [3.8, 4) is 11.5 Å². The SMILES string of the molecule is Cc1cc(C)n2ncc(-c3nc(CN4CCNCC4)no3)c2n1. The second kappa shape index (κ2) is 5.71. The number of piperazine rings is 1. The van der Waals surface area contributed by atoms with Crippen LogP contribution in [0.4, 0.5) is 0 Å². The van der Waals surface area contributed by atoms with Gasteiger partial charge >= 0.3 is 0 Å². The van der Waals surface area contributed by atoms with Gasteiger partial charge in [0.2, 0.25) is 0 Å². The summed E-state index contributed by atoms with van der Waals surface area (Å²) in [5, 5.41) is 11.8. The van der Waals surface area contributed by atoms with Crippen molar-refractivity contribution in [3.05, 3.63) is 29.5 Å². The van der Waals surface area contributed by atoms with E-state index in [0.29, 0.717) is 18.3 Å². The van der Waals surface area contributed by atoms with Gasteiger partial charge < -0.3 is 9.84 Å². The van der Waals surface area contributed by atoms with Gasteiger partial charge in [0, 0.05) is 37.6 Å². The molecular formula is C15H19N7O. The summed E-state index contributed by atoms with van der Waals surface area (Å²) in [5.74, 6) is 1.17. The third-order valence-corrected chi connectivity index (χ3v) is 4.05. The monoisotopic (exact) mass is 313 g/mol. The van der Waals surface area contributed by atoms with Gasteiger partial charge in [0.1, 0.15) is 5.56 Å². The molecule has 23 heavy (non-hydrogen) atoms. The molecule has 0 atom stereocenters. The van der Waals surface area contributed by atoms with Crippen LogP contribution < -0.4 is 5.32 Å². The van der Waals surface area contributed by atoms with Crippen molar-refractivity contribution >= 4 is 5.65 Å². The van der Waals surface area contributed by atoms with Crippen molar-refractivity contribution < 1.29 is 4.52 Å². The van der Waals surface area contributed by atoms with Gasteiger partial charge in [-0.05, 0) is 19.9 Å². The van der Waals surface area contributed by atoms with Crippen LogP contribution in [0.15, 0.2) is 16.8 Å². The second-order valence-corrected chi connectivity index (χ2v) is 5.87. The lowest BCUT2D eigenvalue weighted by Gasteiger charge is -2.25. The van der Waals surface area contributed by atoms with Gasteiger partial charge in [0.05, 0.1) is 12.7 Å². The second-order valence-electron chi connectivity index (χ2n) is 5.87. The number of rotatable bonds is 3. The van der Waals surface area contributed by atoms with Crippen LogP contribution in [0.3, 0.4) is 0 Å². The fraction of sp³-hybridized carbons (Fsp3) is 0.467. The van der Waals surface area contributed by atoms with Crippen molar-refractivity contribution in [3.63, 3.8) is 0 Å². The maximum atomic E-state index is 5.44. The highest BCUT2D eigenvalue weighted by atomic mass is 16.5. The first-order chi connectivity index (χ1) is 11.2. The van der Waals surface area contributed by atoms with Gasteiger partial charge in [-0.2, -0.15) is 10.1 Å². The molecule has 4 heterocycles. The molecule has 8 heteroatoms. The first-order valence-electron chi connectivity index (χ1n) is 7.79. The lowest BCUT2D eigenvalue weighted by atomic mass is 10.3. The van der Waals surface area contributed by atoms with E-state index in [0.717, 1.165) is 48.8 Å². The van der Waals surface area contributed by atoms with Crippen LogP contribution in [0, 0.1) is 13.8 Å². The molecule has 0 amide bonds. The normalized spacial score (nSPS) is 16.3. The van der Waals surface area contributed by atoms with Gasteiger partial charge in [-0.25, -0.2) is 9.50 Å². The van der Waals surface area contributed by atoms with E-state index >= 15 is 0 Å². The van der Waals surface area contributed by atoms with Crippen LogP contribution in [0.5, 0.6) is 0 Å². The van der Waals surface area contributed by atoms with Crippen molar-refractivity contribution in [2.45, 2.75) is 20.4 Å². The summed E-state index contributed by atoms with van der Waals surface area (Å²) in [6.45, 7) is 8.68. The van der Waals surface area contributed by atoms with Crippen LogP contribution >= 0.6 is 0 Å². The zero-order chi connectivity index (χ0) is 15.8. The summed E-state index contributed by atoms with van der Waals surface area (Å²) in [7, 11) is 0. The fourth-order valence-electron chi connectivity index (χ4n) is 2.92. The maximum absolute atomic E-state index is 5.44. The third-order valence-electron chi connectivity index (χ3n) is 4.05. The topological polar surface area (TPSA) is 84.4 Å². The number of aromatic nitrogens is 5. The molecule has 0 aliphatic carbocycles. The standard InChI is InChI=1S/C15H19N7O/c1-10-7-11(2)22-14(18-10)12(8-17-22)15-19-13(20-23-15)9-21-5-3-16-4-6-21/h7-8,16H,3-6,9H2,1-2H3. The minimum Gasteiger partial charge on any atom is -0.334 e. The molecule has 1 aliphatic rings. The molecule has 8 nitrogen and oxygen atoms in total. The van der Waals surface area contributed by atoms with Gasteiger partial charge in [-0.1, -0.05) is 5.16 Å². The van der Waals surface area contributed by atoms with Crippen LogP contribution in [0.25, 0.3) is 17.1 Å². The van der Waals surface area contributed by atoms with E-state index in [4.69, 9.17) is 4.52 Å². The Bertz CT molecular complexity index is 832. The highest BCUT2D eigenvalue weighted by molar-refractivity contribution is 5.71. The lowest BCUT2D eigenvalue weighted by molar-refractivity contribution is 0.225. The summed E-state index contributed by atoms with van der Waals surface area (Å²) >= 11 is 0. The Morgan fingerprint density at radius 3 is 2.87 bits per heavy atom. The molecule has 0 unspecified atom stereocenters. The molecule has 1 saturated heterocycles. The molecule has 0 spiro atoms. The van der Waals surface area contributed by atoms with E-state index in [1.807, 2.05) is 19.9 Å². The Kier molecular flexibility index (Phi) is 3.55. The fourth-order valence-corrected chi connectivity index (χ4v) is 2.92. The number of hydrogen-bond donors (Lipinski definition) is 1. The third kappa shape index (κ3) is 2.71. The maximum Gasteiger partial charge on any atom is 0.263 e. The number of nitrogens with one attached hydrogen (secondary N) is 1. The molecule has 120 valence electrons. The van der Waals surface area contributed by atoms with Crippen LogP contribution in [0.2, 0.25) is 0 Å². The Morgan fingerprint density at radius 1 is 1.22 bits per heavy atom. The summed E-state index contributed by atoms with van der Waals surface area (Å²) in [5.41, 5.74) is 3.49. The number of nitrogens with zero attached hydrogens (tertiary/aromatic N) is 6. The predicted octanol–water partition coefficient (Wildman–Crippen LogP) is 0.801. The van der Waals surface area contributed by atoms with Crippen molar-refractivity contribution in [1.82, 2.24) is 35.0 Å². The molecule has 0 bridgehead atoms. The predicted molar refractivity (Wildman–Crippen MR) is 83.9 cm³/mol. The van der Waals surface area contributed by atoms with Crippen LogP contribution in [-0.2, 0) is 6.54 Å². The van der Waals surface area contributed by atoms with Gasteiger partial charge in [-0.3, -0.25) is 4.90 Å². The van der Waals surface area contributed by atoms with Gasteiger partial charge in [0.15, 0.2) is 11.5 Å². The molecule has 0 saturated carbocycles. The zero-order valence-corrected chi connectivity index (χ0v) is 13.3. The molecule has 1 aliphatic heterocycles. The molecule has 0 radical (unpaired) electrons. The molecule has 3 aromatic rings. The van der Waals surface area contributed by atoms with Crippen LogP contribution in [0.1, 0.15) is 17.2 Å². The summed E-state index contributed by atoms with van der Waals surface area (Å²) < 4.78 is 7.24. The molecule has 0 aromatic carbocycles. The van der Waals surface area contributed by atoms with Gasteiger partial charge in [0.25, 0.3) is 5.89 Å². The van der Waals surface area contributed by atoms with Gasteiger partial charge in [-0.15, -0.1) is 0 Å². The summed E-state index contributed by atoms with van der Waals surface area (Å²) in [6.07, 6.45) is 1.73. The average molecular weight is 313 g/mol. The summed E-state index contributed by atoms with van der Waals surface area (Å²) in [4.78, 5) is 11.4. The molecule has 3 aromatic heterocycles. The Labute approximate surface area is 133 Å². The van der Waals surface area contributed by atoms with E-state index in [9.17, 15) is 0 Å². The minimum absolute atomic E-state index is 0.475. The Hall–Kier alpha value is -2.32. The smallest absolute Gasteiger partial charge is 0.263 e. The highest BCUT2D eigenvalue weighted by Gasteiger charge is 2.18. The van der Waals surface area contributed by atoms with E-state index in [1.54, 1.807) is 10.7 Å². The molecular weight excluding hydrogens is 294 g/mol. The Balaban J connectivity index is 1.64. The van der Waals surface area contributed by atoms with E-state index in [2.05, 4.69) is 30.4 Å². The van der Waals surface area contributed by atoms with E-state index in [1.165, 1.54) is 0 Å². The lowest BCUT2D eigenvalue weighted by Crippen LogP contribution is -2.43. The van der Waals surface area contributed by atoms with E-state index < -0.39 is 0 Å². The average Bonchev–Trinajstić information content (AvgIpc) is 3.15.